The molecule has 0 radical (unpaired) electrons. The topological polar surface area (TPSA) is 9.23 Å². The number of hydrogen-bond donors (Lipinski definition) is 0. The van der Waals surface area contributed by atoms with Gasteiger partial charge in [-0.2, -0.15) is 0 Å². The van der Waals surface area contributed by atoms with Crippen LogP contribution < -0.4 is 4.74 Å². The van der Waals surface area contributed by atoms with E-state index in [1.165, 1.54) is 57.1 Å². The van der Waals surface area contributed by atoms with E-state index < -0.39 is 6.36 Å². The van der Waals surface area contributed by atoms with Gasteiger partial charge in [0, 0.05) is 0 Å². The van der Waals surface area contributed by atoms with E-state index in [1.807, 2.05) is 6.07 Å². The molecule has 0 heterocycles. The molecule has 0 N–H and O–H groups in total. The molecular weight excluding hydrogens is 416 g/mol. The molecule has 0 aromatic heterocycles. The first kappa shape index (κ1) is 24.6. The molecule has 176 valence electrons. The molecule has 0 saturated heterocycles. The van der Waals surface area contributed by atoms with Crippen LogP contribution in [0.5, 0.6) is 5.75 Å². The molecular formula is C27H34F4O. The lowest BCUT2D eigenvalue weighted by atomic mass is 9.77. The van der Waals surface area contributed by atoms with Gasteiger partial charge in [-0.15, -0.1) is 13.2 Å². The van der Waals surface area contributed by atoms with Crippen molar-refractivity contribution in [2.24, 2.45) is 5.92 Å². The number of benzene rings is 2. The first-order chi connectivity index (χ1) is 15.3. The van der Waals surface area contributed by atoms with Gasteiger partial charge in [0.25, 0.3) is 0 Å². The highest BCUT2D eigenvalue weighted by molar-refractivity contribution is 5.30. The molecule has 2 aromatic rings. The summed E-state index contributed by atoms with van der Waals surface area (Å²) >= 11 is 0. The van der Waals surface area contributed by atoms with Crippen LogP contribution in [-0.4, -0.2) is 6.36 Å². The van der Waals surface area contributed by atoms with Gasteiger partial charge in [-0.3, -0.25) is 0 Å². The molecule has 32 heavy (non-hydrogen) atoms. The number of hydrogen-bond acceptors (Lipinski definition) is 1. The average Bonchev–Trinajstić information content (AvgIpc) is 2.76. The molecule has 1 aliphatic carbocycles. The van der Waals surface area contributed by atoms with Crippen LogP contribution in [-0.2, 0) is 12.8 Å². The van der Waals surface area contributed by atoms with Crippen LogP contribution in [0.2, 0.25) is 0 Å². The summed E-state index contributed by atoms with van der Waals surface area (Å²) < 4.78 is 55.4. The standard InChI is InChI=1S/C27H34F4O/c1-2-3-4-5-6-20-7-12-22(13-8-20)24-16-15-23(26(28)19-24)14-9-21-10-17-25(18-11-21)32-27(29,30)31/h10-11,15-20,22H,2-9,12-14H2,1H3. The number of rotatable bonds is 10. The minimum absolute atomic E-state index is 0.179. The number of unbranched alkanes of at least 4 members (excludes halogenated alkanes) is 3. The van der Waals surface area contributed by atoms with Crippen LogP contribution in [0.4, 0.5) is 17.6 Å². The summed E-state index contributed by atoms with van der Waals surface area (Å²) in [7, 11) is 0. The maximum absolute atomic E-state index is 14.7. The average molecular weight is 451 g/mol. The summed E-state index contributed by atoms with van der Waals surface area (Å²) in [5.41, 5.74) is 2.60. The molecule has 0 atom stereocenters. The van der Waals surface area contributed by atoms with Gasteiger partial charge in [0.1, 0.15) is 11.6 Å². The van der Waals surface area contributed by atoms with Crippen LogP contribution in [0.1, 0.15) is 87.3 Å². The molecule has 5 heteroatoms. The van der Waals surface area contributed by atoms with E-state index in [0.717, 1.165) is 29.9 Å². The Hall–Kier alpha value is -2.04. The predicted molar refractivity (Wildman–Crippen MR) is 120 cm³/mol. The third kappa shape index (κ3) is 7.83. The fourth-order valence-corrected chi connectivity index (χ4v) is 4.80. The van der Waals surface area contributed by atoms with Crippen molar-refractivity contribution >= 4 is 0 Å². The summed E-state index contributed by atoms with van der Waals surface area (Å²) in [4.78, 5) is 0. The zero-order valence-corrected chi connectivity index (χ0v) is 18.9. The third-order valence-corrected chi connectivity index (χ3v) is 6.70. The molecule has 0 bridgehead atoms. The summed E-state index contributed by atoms with van der Waals surface area (Å²) in [6, 6.07) is 11.4. The van der Waals surface area contributed by atoms with Gasteiger partial charge in [-0.1, -0.05) is 63.3 Å². The second kappa shape index (κ2) is 11.7. The molecule has 2 aromatic carbocycles. The Bertz CT molecular complexity index is 821. The smallest absolute Gasteiger partial charge is 0.406 e. The SMILES string of the molecule is CCCCCCC1CCC(c2ccc(CCc3ccc(OC(F)(F)F)cc3)c(F)c2)CC1. The van der Waals surface area contributed by atoms with E-state index in [1.54, 1.807) is 18.2 Å². The summed E-state index contributed by atoms with van der Waals surface area (Å²) in [5, 5.41) is 0. The first-order valence-electron chi connectivity index (χ1n) is 12.0. The molecule has 3 rings (SSSR count). The zero-order chi connectivity index (χ0) is 23.0. The Labute approximate surface area is 189 Å². The van der Waals surface area contributed by atoms with Crippen molar-refractivity contribution in [1.29, 1.82) is 0 Å². The van der Waals surface area contributed by atoms with E-state index in [4.69, 9.17) is 0 Å². The molecule has 0 unspecified atom stereocenters. The van der Waals surface area contributed by atoms with Gasteiger partial charge in [0.15, 0.2) is 0 Å². The zero-order valence-electron chi connectivity index (χ0n) is 18.9. The maximum atomic E-state index is 14.7. The fourth-order valence-electron chi connectivity index (χ4n) is 4.80. The second-order valence-electron chi connectivity index (χ2n) is 9.11. The van der Waals surface area contributed by atoms with Gasteiger partial charge in [0.05, 0.1) is 0 Å². The molecule has 1 nitrogen and oxygen atoms in total. The van der Waals surface area contributed by atoms with Crippen molar-refractivity contribution in [1.82, 2.24) is 0 Å². The second-order valence-corrected chi connectivity index (χ2v) is 9.11. The number of halogens is 4. The van der Waals surface area contributed by atoms with Crippen molar-refractivity contribution in [3.63, 3.8) is 0 Å². The Kier molecular flexibility index (Phi) is 9.01. The summed E-state index contributed by atoms with van der Waals surface area (Å²) in [6.07, 6.45) is 7.77. The fraction of sp³-hybridized carbons (Fsp3) is 0.556. The number of aryl methyl sites for hydroxylation is 2. The largest absolute Gasteiger partial charge is 0.573 e. The van der Waals surface area contributed by atoms with E-state index >= 15 is 0 Å². The van der Waals surface area contributed by atoms with E-state index in [9.17, 15) is 17.6 Å². The summed E-state index contributed by atoms with van der Waals surface area (Å²) in [5.74, 6) is 0.862. The lowest BCUT2D eigenvalue weighted by Crippen LogP contribution is -2.17. The molecule has 1 aliphatic rings. The van der Waals surface area contributed by atoms with Crippen LogP contribution in [0.3, 0.4) is 0 Å². The van der Waals surface area contributed by atoms with Gasteiger partial charge in [-0.05, 0) is 85.3 Å². The normalized spacial score (nSPS) is 19.2. The Morgan fingerprint density at radius 2 is 1.59 bits per heavy atom. The quantitative estimate of drug-likeness (QED) is 0.260. The van der Waals surface area contributed by atoms with Crippen molar-refractivity contribution in [3.05, 3.63) is 65.0 Å². The van der Waals surface area contributed by atoms with Crippen molar-refractivity contribution in [2.75, 3.05) is 0 Å². The minimum Gasteiger partial charge on any atom is -0.406 e. The third-order valence-electron chi connectivity index (χ3n) is 6.70. The van der Waals surface area contributed by atoms with Crippen LogP contribution in [0.25, 0.3) is 0 Å². The number of ether oxygens (including phenoxy) is 1. The summed E-state index contributed by atoms with van der Waals surface area (Å²) in [6.45, 7) is 2.24. The Morgan fingerprint density at radius 1 is 0.875 bits per heavy atom. The highest BCUT2D eigenvalue weighted by Gasteiger charge is 2.31. The van der Waals surface area contributed by atoms with Gasteiger partial charge in [-0.25, -0.2) is 4.39 Å². The molecule has 0 spiro atoms. The predicted octanol–water partition coefficient (Wildman–Crippen LogP) is 8.75. The highest BCUT2D eigenvalue weighted by Crippen LogP contribution is 2.38. The molecule has 0 amide bonds. The van der Waals surface area contributed by atoms with Crippen molar-refractivity contribution in [2.45, 2.75) is 89.8 Å². The minimum atomic E-state index is -4.69. The van der Waals surface area contributed by atoms with Gasteiger partial charge in [0.2, 0.25) is 0 Å². The number of alkyl halides is 3. The van der Waals surface area contributed by atoms with Gasteiger partial charge < -0.3 is 4.74 Å². The first-order valence-corrected chi connectivity index (χ1v) is 12.0. The molecule has 1 fully saturated rings. The lowest BCUT2D eigenvalue weighted by molar-refractivity contribution is -0.274. The van der Waals surface area contributed by atoms with E-state index in [0.29, 0.717) is 24.3 Å². The maximum Gasteiger partial charge on any atom is 0.573 e. The van der Waals surface area contributed by atoms with E-state index in [2.05, 4.69) is 17.7 Å². The molecule has 0 aliphatic heterocycles. The van der Waals surface area contributed by atoms with Crippen LogP contribution in [0.15, 0.2) is 42.5 Å². The Morgan fingerprint density at radius 3 is 2.22 bits per heavy atom. The van der Waals surface area contributed by atoms with Crippen molar-refractivity contribution in [3.8, 4) is 5.75 Å². The Balaban J connectivity index is 1.47. The van der Waals surface area contributed by atoms with Crippen LogP contribution >= 0.6 is 0 Å². The van der Waals surface area contributed by atoms with E-state index in [-0.39, 0.29) is 11.6 Å². The highest BCUT2D eigenvalue weighted by atomic mass is 19.4. The monoisotopic (exact) mass is 450 g/mol. The lowest BCUT2D eigenvalue weighted by Gasteiger charge is -2.29. The molecule has 1 saturated carbocycles. The van der Waals surface area contributed by atoms with Crippen LogP contribution in [0, 0.1) is 11.7 Å². The van der Waals surface area contributed by atoms with Crippen molar-refractivity contribution < 1.29 is 22.3 Å². The van der Waals surface area contributed by atoms with Gasteiger partial charge >= 0.3 is 6.36 Å².